The van der Waals surface area contributed by atoms with E-state index in [2.05, 4.69) is 13.8 Å². The molecule has 4 aliphatic carbocycles. The summed E-state index contributed by atoms with van der Waals surface area (Å²) in [5, 5.41) is 0. The molecule has 0 aliphatic heterocycles. The van der Waals surface area contributed by atoms with Gasteiger partial charge in [-0.15, -0.1) is 0 Å². The van der Waals surface area contributed by atoms with Crippen LogP contribution in [0.25, 0.3) is 0 Å². The minimum atomic E-state index is -0.166. The largest absolute Gasteiger partial charge is 0.432 e. The maximum atomic E-state index is 11.4. The van der Waals surface area contributed by atoms with E-state index in [-0.39, 0.29) is 11.4 Å². The topological polar surface area (TPSA) is 26.3 Å². The Morgan fingerprint density at radius 3 is 2.52 bits per heavy atom. The maximum absolute atomic E-state index is 11.4. The third-order valence-electron chi connectivity index (χ3n) is 9.09. The first-order chi connectivity index (χ1) is 11.9. The first-order valence-electron chi connectivity index (χ1n) is 10.7. The van der Waals surface area contributed by atoms with Gasteiger partial charge in [-0.1, -0.05) is 26.7 Å². The molecular weight excluding hydrogens is 308 g/mol. The second-order valence-electron chi connectivity index (χ2n) is 10.0. The fraction of sp³-hybridized carbons (Fsp3) is 0.870. The van der Waals surface area contributed by atoms with Crippen LogP contribution in [0.5, 0.6) is 0 Å². The van der Waals surface area contributed by atoms with Crippen LogP contribution >= 0.6 is 0 Å². The zero-order chi connectivity index (χ0) is 17.8. The van der Waals surface area contributed by atoms with E-state index in [1.807, 2.05) is 6.92 Å². The Morgan fingerprint density at radius 1 is 0.960 bits per heavy atom. The number of carbonyl (C=O) groups excluding carboxylic acids is 1. The molecule has 4 rings (SSSR count). The summed E-state index contributed by atoms with van der Waals surface area (Å²) in [7, 11) is 0. The lowest BCUT2D eigenvalue weighted by Crippen LogP contribution is -2.52. The Kier molecular flexibility index (Phi) is 4.32. The quantitative estimate of drug-likeness (QED) is 0.415. The van der Waals surface area contributed by atoms with Gasteiger partial charge in [0.05, 0.1) is 0 Å². The average molecular weight is 345 g/mol. The van der Waals surface area contributed by atoms with Gasteiger partial charge in [0, 0.05) is 6.92 Å². The van der Waals surface area contributed by atoms with Gasteiger partial charge in [0.1, 0.15) is 5.76 Å². The first kappa shape index (κ1) is 17.6. The van der Waals surface area contributed by atoms with Crippen LogP contribution in [0.4, 0.5) is 0 Å². The Morgan fingerprint density at radius 2 is 1.76 bits per heavy atom. The highest BCUT2D eigenvalue weighted by Crippen LogP contribution is 2.67. The SMILES string of the molecule is CC(=O)OC(C)=C1CC[C@@H]2[C@@H]3CC[C@H]4CCCC[C@]4(C)[C@H]3CC[C@]12C. The smallest absolute Gasteiger partial charge is 0.307 e. The molecule has 0 amide bonds. The second kappa shape index (κ2) is 6.13. The van der Waals surface area contributed by atoms with Crippen LogP contribution in [0, 0.1) is 34.5 Å². The van der Waals surface area contributed by atoms with Crippen molar-refractivity contribution in [1.29, 1.82) is 0 Å². The molecule has 0 radical (unpaired) electrons. The van der Waals surface area contributed by atoms with E-state index in [4.69, 9.17) is 4.74 Å². The van der Waals surface area contributed by atoms with E-state index in [1.54, 1.807) is 0 Å². The van der Waals surface area contributed by atoms with Crippen molar-refractivity contribution in [3.63, 3.8) is 0 Å². The summed E-state index contributed by atoms with van der Waals surface area (Å²) in [5.74, 6) is 4.39. The minimum Gasteiger partial charge on any atom is -0.432 e. The molecule has 0 N–H and O–H groups in total. The van der Waals surface area contributed by atoms with Gasteiger partial charge in [0.2, 0.25) is 0 Å². The second-order valence-corrected chi connectivity index (χ2v) is 10.0. The van der Waals surface area contributed by atoms with Crippen molar-refractivity contribution in [2.75, 3.05) is 0 Å². The van der Waals surface area contributed by atoms with Gasteiger partial charge in [0.25, 0.3) is 0 Å². The van der Waals surface area contributed by atoms with E-state index in [1.165, 1.54) is 70.3 Å². The first-order valence-corrected chi connectivity index (χ1v) is 10.7. The van der Waals surface area contributed by atoms with E-state index in [9.17, 15) is 4.79 Å². The lowest BCUT2D eigenvalue weighted by Gasteiger charge is -2.60. The van der Waals surface area contributed by atoms with Gasteiger partial charge in [-0.25, -0.2) is 0 Å². The lowest BCUT2D eigenvalue weighted by molar-refractivity contribution is -0.137. The van der Waals surface area contributed by atoms with Crippen molar-refractivity contribution in [2.45, 2.75) is 91.9 Å². The van der Waals surface area contributed by atoms with Gasteiger partial charge < -0.3 is 4.74 Å². The molecule has 0 aromatic carbocycles. The number of hydrogen-bond acceptors (Lipinski definition) is 2. The molecule has 25 heavy (non-hydrogen) atoms. The highest BCUT2D eigenvalue weighted by Gasteiger charge is 2.58. The molecule has 4 fully saturated rings. The predicted octanol–water partition coefficient (Wildman–Crippen LogP) is 6.26. The number of esters is 1. The highest BCUT2D eigenvalue weighted by atomic mass is 16.5. The Hall–Kier alpha value is -0.790. The summed E-state index contributed by atoms with van der Waals surface area (Å²) in [6, 6.07) is 0. The van der Waals surface area contributed by atoms with Crippen LogP contribution in [-0.4, -0.2) is 5.97 Å². The van der Waals surface area contributed by atoms with Crippen LogP contribution < -0.4 is 0 Å². The van der Waals surface area contributed by atoms with Crippen molar-refractivity contribution >= 4 is 5.97 Å². The minimum absolute atomic E-state index is 0.166. The fourth-order valence-corrected chi connectivity index (χ4v) is 7.96. The Bertz CT molecular complexity index is 591. The number of fused-ring (bicyclic) bond motifs is 5. The molecule has 0 bridgehead atoms. The van der Waals surface area contributed by atoms with Gasteiger partial charge in [0.15, 0.2) is 0 Å². The van der Waals surface area contributed by atoms with Crippen LogP contribution in [-0.2, 0) is 9.53 Å². The molecule has 4 saturated carbocycles. The molecule has 2 heteroatoms. The molecule has 0 aromatic heterocycles. The summed E-state index contributed by atoms with van der Waals surface area (Å²) in [6.07, 6.45) is 13.9. The number of allylic oxidation sites excluding steroid dienone is 2. The van der Waals surface area contributed by atoms with Crippen LogP contribution in [0.15, 0.2) is 11.3 Å². The Balaban J connectivity index is 1.63. The van der Waals surface area contributed by atoms with Gasteiger partial charge in [-0.3, -0.25) is 4.79 Å². The van der Waals surface area contributed by atoms with Crippen LogP contribution in [0.2, 0.25) is 0 Å². The molecule has 6 atom stereocenters. The van der Waals surface area contributed by atoms with Crippen molar-refractivity contribution in [1.82, 2.24) is 0 Å². The zero-order valence-corrected chi connectivity index (χ0v) is 16.7. The van der Waals surface area contributed by atoms with Crippen molar-refractivity contribution in [2.24, 2.45) is 34.5 Å². The molecule has 4 aliphatic rings. The van der Waals surface area contributed by atoms with E-state index < -0.39 is 0 Å². The summed E-state index contributed by atoms with van der Waals surface area (Å²) in [4.78, 5) is 11.4. The monoisotopic (exact) mass is 344 g/mol. The molecule has 0 saturated heterocycles. The molecule has 0 unspecified atom stereocenters. The average Bonchev–Trinajstić information content (AvgIpc) is 2.91. The fourth-order valence-electron chi connectivity index (χ4n) is 7.96. The molecule has 0 aromatic rings. The molecule has 140 valence electrons. The third-order valence-corrected chi connectivity index (χ3v) is 9.09. The van der Waals surface area contributed by atoms with Gasteiger partial charge in [-0.05, 0) is 98.4 Å². The number of rotatable bonds is 1. The number of carbonyl (C=O) groups is 1. The Labute approximate surface area is 153 Å². The highest BCUT2D eigenvalue weighted by molar-refractivity contribution is 5.67. The van der Waals surface area contributed by atoms with Gasteiger partial charge >= 0.3 is 5.97 Å². The van der Waals surface area contributed by atoms with Crippen molar-refractivity contribution in [3.8, 4) is 0 Å². The molecule has 0 heterocycles. The summed E-state index contributed by atoms with van der Waals surface area (Å²) in [5.41, 5.74) is 2.35. The van der Waals surface area contributed by atoms with E-state index in [0.29, 0.717) is 5.41 Å². The van der Waals surface area contributed by atoms with Crippen LogP contribution in [0.1, 0.15) is 91.9 Å². The van der Waals surface area contributed by atoms with Gasteiger partial charge in [-0.2, -0.15) is 0 Å². The van der Waals surface area contributed by atoms with E-state index >= 15 is 0 Å². The molecule has 2 nitrogen and oxygen atoms in total. The van der Waals surface area contributed by atoms with Crippen LogP contribution in [0.3, 0.4) is 0 Å². The molecule has 0 spiro atoms. The predicted molar refractivity (Wildman–Crippen MR) is 101 cm³/mol. The maximum Gasteiger partial charge on any atom is 0.307 e. The summed E-state index contributed by atoms with van der Waals surface area (Å²) in [6.45, 7) is 8.68. The zero-order valence-electron chi connectivity index (χ0n) is 16.7. The van der Waals surface area contributed by atoms with Crippen molar-refractivity contribution < 1.29 is 9.53 Å². The summed E-state index contributed by atoms with van der Waals surface area (Å²) >= 11 is 0. The number of hydrogen-bond donors (Lipinski definition) is 0. The van der Waals surface area contributed by atoms with E-state index in [0.717, 1.165) is 35.9 Å². The normalized spacial score (nSPS) is 48.2. The molecular formula is C23H36O2. The third kappa shape index (κ3) is 2.61. The summed E-state index contributed by atoms with van der Waals surface area (Å²) < 4.78 is 5.53. The standard InChI is InChI=1S/C23H36O2/c1-15(25-16(2)24)19-10-11-20-18-9-8-17-7-5-6-13-22(17,3)21(18)12-14-23(19,20)4/h17-18,20-21H,5-14H2,1-4H3/t17-,18+,20-,21+,22+,23-/m1/s1. The number of ether oxygens (including phenoxy) is 1. The van der Waals surface area contributed by atoms with Crippen molar-refractivity contribution in [3.05, 3.63) is 11.3 Å². The lowest BCUT2D eigenvalue weighted by atomic mass is 9.45.